The number of anilines is 2. The van der Waals surface area contributed by atoms with Crippen molar-refractivity contribution in [2.45, 2.75) is 46.2 Å². The van der Waals surface area contributed by atoms with Crippen LogP contribution in [0.5, 0.6) is 0 Å². The van der Waals surface area contributed by atoms with Gasteiger partial charge in [0.25, 0.3) is 5.91 Å². The molecular formula is C22H29N3O4S. The maximum absolute atomic E-state index is 12.9. The van der Waals surface area contributed by atoms with E-state index >= 15 is 0 Å². The minimum atomic E-state index is -3.72. The molecule has 30 heavy (non-hydrogen) atoms. The number of aryl methyl sites for hydroxylation is 1. The molecule has 0 aliphatic heterocycles. The molecule has 0 radical (unpaired) electrons. The molecule has 2 amide bonds. The van der Waals surface area contributed by atoms with Gasteiger partial charge in [0.05, 0.1) is 23.2 Å². The Morgan fingerprint density at radius 2 is 1.63 bits per heavy atom. The number of rotatable bonds is 8. The first-order valence-electron chi connectivity index (χ1n) is 9.81. The van der Waals surface area contributed by atoms with Crippen LogP contribution < -0.4 is 14.9 Å². The van der Waals surface area contributed by atoms with E-state index in [1.54, 1.807) is 48.5 Å². The summed E-state index contributed by atoms with van der Waals surface area (Å²) in [6, 6.07) is 12.5. The molecule has 2 rings (SSSR count). The molecule has 2 aromatic carbocycles. The third kappa shape index (κ3) is 5.82. The van der Waals surface area contributed by atoms with Crippen molar-refractivity contribution in [3.8, 4) is 0 Å². The zero-order valence-electron chi connectivity index (χ0n) is 18.0. The highest BCUT2D eigenvalue weighted by Gasteiger charge is 2.29. The van der Waals surface area contributed by atoms with E-state index in [4.69, 9.17) is 0 Å². The fourth-order valence-electron chi connectivity index (χ4n) is 2.93. The third-order valence-electron chi connectivity index (χ3n) is 4.80. The molecule has 7 nitrogen and oxygen atoms in total. The summed E-state index contributed by atoms with van der Waals surface area (Å²) in [5, 5.41) is 5.58. The van der Waals surface area contributed by atoms with Crippen LogP contribution in [0.15, 0.2) is 48.5 Å². The van der Waals surface area contributed by atoms with Crippen LogP contribution in [0.4, 0.5) is 11.4 Å². The maximum Gasteiger partial charge on any atom is 0.253 e. The lowest BCUT2D eigenvalue weighted by molar-refractivity contribution is -0.116. The Labute approximate surface area is 178 Å². The quantitative estimate of drug-likeness (QED) is 0.670. The Bertz CT molecular complexity index is 1000. The van der Waals surface area contributed by atoms with Gasteiger partial charge >= 0.3 is 0 Å². The van der Waals surface area contributed by atoms with Crippen molar-refractivity contribution >= 4 is 33.2 Å². The van der Waals surface area contributed by atoms with Gasteiger partial charge in [0, 0.05) is 6.04 Å². The number of nitrogens with zero attached hydrogens (tertiary/aromatic N) is 1. The van der Waals surface area contributed by atoms with E-state index in [-0.39, 0.29) is 11.9 Å². The fraction of sp³-hybridized carbons (Fsp3) is 0.364. The molecule has 8 heteroatoms. The Morgan fingerprint density at radius 1 is 1.03 bits per heavy atom. The number of sulfonamides is 1. The molecule has 0 saturated carbocycles. The number of amides is 2. The van der Waals surface area contributed by atoms with Crippen LogP contribution in [0.25, 0.3) is 0 Å². The van der Waals surface area contributed by atoms with Crippen LogP contribution in [0, 0.1) is 6.92 Å². The highest BCUT2D eigenvalue weighted by Crippen LogP contribution is 2.23. The van der Waals surface area contributed by atoms with Crippen LogP contribution in [-0.4, -0.2) is 38.6 Å². The molecule has 0 spiro atoms. The number of carbonyl (C=O) groups is 2. The van der Waals surface area contributed by atoms with Gasteiger partial charge in [0.15, 0.2) is 0 Å². The monoisotopic (exact) mass is 431 g/mol. The van der Waals surface area contributed by atoms with Crippen LogP contribution in [0.3, 0.4) is 0 Å². The molecule has 0 aliphatic rings. The number of hydrogen-bond acceptors (Lipinski definition) is 4. The number of para-hydroxylation sites is 1. The second kappa shape index (κ2) is 9.75. The maximum atomic E-state index is 12.9. The number of hydrogen-bond donors (Lipinski definition) is 2. The minimum Gasteiger partial charge on any atom is -0.350 e. The van der Waals surface area contributed by atoms with Gasteiger partial charge in [-0.15, -0.1) is 0 Å². The molecule has 0 fully saturated rings. The molecule has 0 unspecified atom stereocenters. The first kappa shape index (κ1) is 23.4. The summed E-state index contributed by atoms with van der Waals surface area (Å²) in [5.74, 6) is -0.837. The lowest BCUT2D eigenvalue weighted by Crippen LogP contribution is -2.45. The van der Waals surface area contributed by atoms with Gasteiger partial charge in [-0.25, -0.2) is 8.42 Å². The van der Waals surface area contributed by atoms with E-state index in [1.165, 1.54) is 6.92 Å². The standard InChI is InChI=1S/C22H29N3O4S/c1-6-16(3)23-22(27)19-9-7-8-10-20(19)24-21(26)17(4)25(30(5,28)29)18-13-11-15(2)12-14-18/h7-14,16-17H,6H2,1-5H3,(H,23,27)(H,24,26)/t16-,17+/m1/s1. The normalized spacial score (nSPS) is 13.2. The highest BCUT2D eigenvalue weighted by atomic mass is 32.2. The average molecular weight is 432 g/mol. The Hall–Kier alpha value is -2.87. The second-order valence-corrected chi connectivity index (χ2v) is 9.25. The van der Waals surface area contributed by atoms with E-state index in [9.17, 15) is 18.0 Å². The SMILES string of the molecule is CC[C@@H](C)NC(=O)c1ccccc1NC(=O)[C@H](C)N(c1ccc(C)cc1)S(C)(=O)=O. The second-order valence-electron chi connectivity index (χ2n) is 7.39. The molecule has 2 N–H and O–H groups in total. The first-order chi connectivity index (χ1) is 14.0. The van der Waals surface area contributed by atoms with Crippen LogP contribution in [0.2, 0.25) is 0 Å². The fourth-order valence-corrected chi connectivity index (χ4v) is 4.11. The minimum absolute atomic E-state index is 0.0116. The van der Waals surface area contributed by atoms with Crippen LogP contribution >= 0.6 is 0 Å². The average Bonchev–Trinajstić information content (AvgIpc) is 2.68. The molecule has 0 saturated heterocycles. The molecule has 162 valence electrons. The summed E-state index contributed by atoms with van der Waals surface area (Å²) in [7, 11) is -3.72. The molecule has 0 bridgehead atoms. The molecule has 0 aliphatic carbocycles. The van der Waals surface area contributed by atoms with Crippen molar-refractivity contribution in [2.75, 3.05) is 15.9 Å². The number of benzene rings is 2. The molecule has 2 aromatic rings. The van der Waals surface area contributed by atoms with Gasteiger partial charge in [-0.3, -0.25) is 13.9 Å². The molecule has 2 atom stereocenters. The Morgan fingerprint density at radius 3 is 2.20 bits per heavy atom. The van der Waals surface area contributed by atoms with Gasteiger partial charge < -0.3 is 10.6 Å². The van der Waals surface area contributed by atoms with E-state index in [0.29, 0.717) is 16.9 Å². The number of nitrogens with one attached hydrogen (secondary N) is 2. The van der Waals surface area contributed by atoms with Gasteiger partial charge in [0.2, 0.25) is 15.9 Å². The zero-order valence-corrected chi connectivity index (χ0v) is 18.8. The van der Waals surface area contributed by atoms with Gasteiger partial charge in [0.1, 0.15) is 6.04 Å². The largest absolute Gasteiger partial charge is 0.350 e. The van der Waals surface area contributed by atoms with Crippen LogP contribution in [0.1, 0.15) is 43.1 Å². The Kier molecular flexibility index (Phi) is 7.61. The van der Waals surface area contributed by atoms with E-state index in [0.717, 1.165) is 22.5 Å². The van der Waals surface area contributed by atoms with Crippen molar-refractivity contribution in [3.05, 3.63) is 59.7 Å². The summed E-state index contributed by atoms with van der Waals surface area (Å²) >= 11 is 0. The molecule has 0 heterocycles. The lowest BCUT2D eigenvalue weighted by Gasteiger charge is -2.28. The predicted octanol–water partition coefficient (Wildman–Crippen LogP) is 3.32. The summed E-state index contributed by atoms with van der Waals surface area (Å²) in [5.41, 5.74) is 2.02. The lowest BCUT2D eigenvalue weighted by atomic mass is 10.1. The van der Waals surface area contributed by atoms with Gasteiger partial charge in [-0.05, 0) is 51.5 Å². The summed E-state index contributed by atoms with van der Waals surface area (Å²) < 4.78 is 25.9. The summed E-state index contributed by atoms with van der Waals surface area (Å²) in [6.07, 6.45) is 1.83. The topological polar surface area (TPSA) is 95.6 Å². The van der Waals surface area contributed by atoms with Crippen molar-refractivity contribution < 1.29 is 18.0 Å². The summed E-state index contributed by atoms with van der Waals surface area (Å²) in [6.45, 7) is 7.27. The van der Waals surface area contributed by atoms with Crippen molar-refractivity contribution in [1.82, 2.24) is 5.32 Å². The molecular weight excluding hydrogens is 402 g/mol. The van der Waals surface area contributed by atoms with Crippen LogP contribution in [-0.2, 0) is 14.8 Å². The van der Waals surface area contributed by atoms with Crippen molar-refractivity contribution in [1.29, 1.82) is 0 Å². The Balaban J connectivity index is 2.30. The zero-order chi connectivity index (χ0) is 22.5. The van der Waals surface area contributed by atoms with Gasteiger partial charge in [-0.2, -0.15) is 0 Å². The molecule has 0 aromatic heterocycles. The smallest absolute Gasteiger partial charge is 0.253 e. The van der Waals surface area contributed by atoms with Crippen molar-refractivity contribution in [2.24, 2.45) is 0 Å². The first-order valence-corrected chi connectivity index (χ1v) is 11.7. The van der Waals surface area contributed by atoms with Crippen molar-refractivity contribution in [3.63, 3.8) is 0 Å². The van der Waals surface area contributed by atoms with E-state index in [2.05, 4.69) is 10.6 Å². The third-order valence-corrected chi connectivity index (χ3v) is 6.04. The van der Waals surface area contributed by atoms with Gasteiger partial charge in [-0.1, -0.05) is 36.8 Å². The highest BCUT2D eigenvalue weighted by molar-refractivity contribution is 7.92. The van der Waals surface area contributed by atoms with E-state index < -0.39 is 22.0 Å². The van der Waals surface area contributed by atoms with E-state index in [1.807, 2.05) is 20.8 Å². The number of carbonyl (C=O) groups excluding carboxylic acids is 2. The summed E-state index contributed by atoms with van der Waals surface area (Å²) in [4.78, 5) is 25.5. The predicted molar refractivity (Wildman–Crippen MR) is 120 cm³/mol.